The van der Waals surface area contributed by atoms with Gasteiger partial charge in [0.05, 0.1) is 11.5 Å². The van der Waals surface area contributed by atoms with Gasteiger partial charge in [-0.05, 0) is 18.7 Å². The number of rotatable bonds is 7. The van der Waals surface area contributed by atoms with Crippen LogP contribution >= 0.6 is 23.1 Å². The molecule has 0 saturated carbocycles. The Kier molecular flexibility index (Phi) is 5.90. The summed E-state index contributed by atoms with van der Waals surface area (Å²) >= 11 is 2.74. The molecule has 0 aliphatic carbocycles. The van der Waals surface area contributed by atoms with Crippen LogP contribution in [0.3, 0.4) is 0 Å². The molecule has 0 saturated heterocycles. The molecular weight excluding hydrogens is 260 g/mol. The fraction of sp³-hybridized carbons (Fsp3) is 0.600. The normalized spacial score (nSPS) is 14.5. The van der Waals surface area contributed by atoms with Crippen LogP contribution in [0.25, 0.3) is 0 Å². The van der Waals surface area contributed by atoms with Crippen LogP contribution in [-0.2, 0) is 6.54 Å². The first-order valence-electron chi connectivity index (χ1n) is 5.17. The maximum atomic E-state index is 10.5. The summed E-state index contributed by atoms with van der Waals surface area (Å²) in [5, 5.41) is 25.0. The molecule has 0 bridgehead atoms. The van der Waals surface area contributed by atoms with Gasteiger partial charge in [-0.3, -0.25) is 10.1 Å². The molecule has 2 atom stereocenters. The van der Waals surface area contributed by atoms with Gasteiger partial charge in [-0.15, -0.1) is 0 Å². The van der Waals surface area contributed by atoms with Crippen LogP contribution in [0.15, 0.2) is 11.4 Å². The van der Waals surface area contributed by atoms with Gasteiger partial charge in [-0.1, -0.05) is 11.3 Å². The van der Waals surface area contributed by atoms with Crippen molar-refractivity contribution < 1.29 is 10.0 Å². The average Bonchev–Trinajstić information content (AvgIpc) is 2.76. The Morgan fingerprint density at radius 3 is 2.88 bits per heavy atom. The lowest BCUT2D eigenvalue weighted by Crippen LogP contribution is -2.36. The lowest BCUT2D eigenvalue weighted by atomic mass is 10.2. The van der Waals surface area contributed by atoms with Crippen molar-refractivity contribution in [1.29, 1.82) is 0 Å². The smallest absolute Gasteiger partial charge is 0.324 e. The van der Waals surface area contributed by atoms with E-state index >= 15 is 0 Å². The summed E-state index contributed by atoms with van der Waals surface area (Å²) in [4.78, 5) is 10.1. The molecule has 1 aromatic heterocycles. The first-order valence-corrected chi connectivity index (χ1v) is 7.34. The Morgan fingerprint density at radius 1 is 1.71 bits per heavy atom. The van der Waals surface area contributed by atoms with Crippen LogP contribution < -0.4 is 5.32 Å². The van der Waals surface area contributed by atoms with Crippen molar-refractivity contribution >= 4 is 28.1 Å². The zero-order valence-corrected chi connectivity index (χ0v) is 11.4. The molecule has 0 aliphatic heterocycles. The highest BCUT2D eigenvalue weighted by Crippen LogP contribution is 2.22. The Bertz CT molecular complexity index is 366. The number of nitrogens with zero attached hydrogens (tertiary/aromatic N) is 1. The Hall–Kier alpha value is -0.630. The summed E-state index contributed by atoms with van der Waals surface area (Å²) < 4.78 is 0. The van der Waals surface area contributed by atoms with Crippen molar-refractivity contribution in [3.63, 3.8) is 0 Å². The van der Waals surface area contributed by atoms with Gasteiger partial charge in [0.15, 0.2) is 0 Å². The van der Waals surface area contributed by atoms with E-state index in [0.717, 1.165) is 16.9 Å². The molecular formula is C10H16N2O3S2. The summed E-state index contributed by atoms with van der Waals surface area (Å²) in [5.41, 5.74) is 0.909. The van der Waals surface area contributed by atoms with E-state index in [1.165, 1.54) is 0 Å². The molecule has 1 aromatic rings. The van der Waals surface area contributed by atoms with Crippen molar-refractivity contribution in [3.8, 4) is 0 Å². The lowest BCUT2D eigenvalue weighted by Gasteiger charge is -2.20. The van der Waals surface area contributed by atoms with Gasteiger partial charge in [0.25, 0.3) is 0 Å². The molecule has 96 valence electrons. The highest BCUT2D eigenvalue weighted by Gasteiger charge is 2.15. The van der Waals surface area contributed by atoms with Gasteiger partial charge < -0.3 is 10.4 Å². The molecule has 0 aliphatic rings. The second-order valence-electron chi connectivity index (χ2n) is 3.68. The topological polar surface area (TPSA) is 75.4 Å². The van der Waals surface area contributed by atoms with Crippen LogP contribution in [0.4, 0.5) is 5.00 Å². The van der Waals surface area contributed by atoms with E-state index < -0.39 is 0 Å². The quantitative estimate of drug-likeness (QED) is 0.587. The minimum absolute atomic E-state index is 0.124. The first kappa shape index (κ1) is 14.4. The van der Waals surface area contributed by atoms with Crippen molar-refractivity contribution in [2.45, 2.75) is 24.8 Å². The predicted octanol–water partition coefficient (Wildman–Crippen LogP) is 1.86. The number of nitrogens with one attached hydrogen (secondary N) is 1. The summed E-state index contributed by atoms with van der Waals surface area (Å²) in [6, 6.07) is 1.74. The summed E-state index contributed by atoms with van der Waals surface area (Å²) in [6.07, 6.45) is 1.95. The van der Waals surface area contributed by atoms with E-state index in [2.05, 4.69) is 5.32 Å². The van der Waals surface area contributed by atoms with E-state index in [-0.39, 0.29) is 27.8 Å². The highest BCUT2D eigenvalue weighted by atomic mass is 32.2. The molecule has 2 unspecified atom stereocenters. The second-order valence-corrected chi connectivity index (χ2v) is 5.64. The molecule has 7 heteroatoms. The molecule has 1 heterocycles. The van der Waals surface area contributed by atoms with E-state index in [9.17, 15) is 10.1 Å². The van der Waals surface area contributed by atoms with Gasteiger partial charge in [-0.25, -0.2) is 0 Å². The van der Waals surface area contributed by atoms with E-state index in [4.69, 9.17) is 5.11 Å². The average molecular weight is 276 g/mol. The summed E-state index contributed by atoms with van der Waals surface area (Å²) in [6.45, 7) is 2.71. The number of thiophene rings is 1. The van der Waals surface area contributed by atoms with Crippen LogP contribution in [0.5, 0.6) is 0 Å². The lowest BCUT2D eigenvalue weighted by molar-refractivity contribution is -0.380. The number of thioether (sulfide) groups is 1. The van der Waals surface area contributed by atoms with Crippen molar-refractivity contribution in [2.75, 3.05) is 12.9 Å². The summed E-state index contributed by atoms with van der Waals surface area (Å²) in [5.74, 6) is 0. The SMILES string of the molecule is CSC(CO)C(C)NCc1csc([N+](=O)[O-])c1. The number of nitro groups is 1. The zero-order chi connectivity index (χ0) is 12.8. The number of aliphatic hydroxyl groups is 1. The third-order valence-electron chi connectivity index (χ3n) is 2.49. The molecule has 17 heavy (non-hydrogen) atoms. The highest BCUT2D eigenvalue weighted by molar-refractivity contribution is 7.99. The number of hydrogen-bond acceptors (Lipinski definition) is 6. The molecule has 0 fully saturated rings. The molecule has 1 rings (SSSR count). The minimum Gasteiger partial charge on any atom is -0.395 e. The van der Waals surface area contributed by atoms with Gasteiger partial charge in [-0.2, -0.15) is 11.8 Å². The fourth-order valence-corrected chi connectivity index (χ4v) is 2.78. The summed E-state index contributed by atoms with van der Waals surface area (Å²) in [7, 11) is 0. The Morgan fingerprint density at radius 2 is 2.41 bits per heavy atom. The third kappa shape index (κ3) is 4.27. The van der Waals surface area contributed by atoms with Crippen LogP contribution in [-0.4, -0.2) is 34.2 Å². The van der Waals surface area contributed by atoms with Gasteiger partial charge >= 0.3 is 5.00 Å². The second kappa shape index (κ2) is 6.95. The Labute approximate surface area is 108 Å². The zero-order valence-electron chi connectivity index (χ0n) is 9.75. The van der Waals surface area contributed by atoms with Crippen molar-refractivity contribution in [2.24, 2.45) is 0 Å². The molecule has 0 amide bonds. The number of hydrogen-bond donors (Lipinski definition) is 2. The van der Waals surface area contributed by atoms with E-state index in [1.807, 2.05) is 13.2 Å². The van der Waals surface area contributed by atoms with Crippen LogP contribution in [0.1, 0.15) is 12.5 Å². The third-order valence-corrected chi connectivity index (χ3v) is 4.58. The van der Waals surface area contributed by atoms with Crippen molar-refractivity contribution in [1.82, 2.24) is 5.32 Å². The first-order chi connectivity index (χ1) is 8.08. The van der Waals surface area contributed by atoms with Gasteiger partial charge in [0, 0.05) is 29.3 Å². The van der Waals surface area contributed by atoms with Crippen molar-refractivity contribution in [3.05, 3.63) is 27.1 Å². The maximum absolute atomic E-state index is 10.5. The molecule has 0 radical (unpaired) electrons. The Balaban J connectivity index is 2.46. The van der Waals surface area contributed by atoms with Crippen LogP contribution in [0.2, 0.25) is 0 Å². The molecule has 2 N–H and O–H groups in total. The predicted molar refractivity (Wildman–Crippen MR) is 71.7 cm³/mol. The molecule has 0 spiro atoms. The largest absolute Gasteiger partial charge is 0.395 e. The molecule has 5 nitrogen and oxygen atoms in total. The fourth-order valence-electron chi connectivity index (χ4n) is 1.40. The molecule has 0 aromatic carbocycles. The van der Waals surface area contributed by atoms with Gasteiger partial charge in [0.2, 0.25) is 0 Å². The standard InChI is InChI=1S/C10H16N2O3S2/c1-7(9(5-13)16-2)11-4-8-3-10(12(14)15)17-6-8/h3,6-7,9,11,13H,4-5H2,1-2H3. The monoisotopic (exact) mass is 276 g/mol. The van der Waals surface area contributed by atoms with Crippen LogP contribution in [0, 0.1) is 10.1 Å². The maximum Gasteiger partial charge on any atom is 0.324 e. The minimum atomic E-state index is -0.379. The van der Waals surface area contributed by atoms with Gasteiger partial charge in [0.1, 0.15) is 0 Å². The number of aliphatic hydroxyl groups excluding tert-OH is 1. The van der Waals surface area contributed by atoms with E-state index in [0.29, 0.717) is 6.54 Å². The van der Waals surface area contributed by atoms with E-state index in [1.54, 1.807) is 23.2 Å².